The van der Waals surface area contributed by atoms with Crippen molar-refractivity contribution >= 4 is 17.4 Å². The molecule has 2 nitrogen and oxygen atoms in total. The lowest BCUT2D eigenvalue weighted by atomic mass is 10.0. The van der Waals surface area contributed by atoms with Crippen LogP contribution < -0.4 is 0 Å². The summed E-state index contributed by atoms with van der Waals surface area (Å²) in [6.07, 6.45) is 3.18. The van der Waals surface area contributed by atoms with Crippen molar-refractivity contribution in [3.63, 3.8) is 0 Å². The first-order chi connectivity index (χ1) is 7.68. The summed E-state index contributed by atoms with van der Waals surface area (Å²) in [6.45, 7) is 1.93. The van der Waals surface area contributed by atoms with E-state index in [1.165, 1.54) is 0 Å². The normalized spacial score (nSPS) is 10.1. The van der Waals surface area contributed by atoms with Crippen molar-refractivity contribution in [2.75, 3.05) is 0 Å². The Hall–Kier alpha value is -1.67. The Morgan fingerprint density at radius 1 is 1.31 bits per heavy atom. The monoisotopic (exact) mass is 231 g/mol. The molecular weight excluding hydrogens is 222 g/mol. The first-order valence-electron chi connectivity index (χ1n) is 4.89. The Morgan fingerprint density at radius 3 is 2.81 bits per heavy atom. The summed E-state index contributed by atoms with van der Waals surface area (Å²) in [7, 11) is 0. The van der Waals surface area contributed by atoms with Gasteiger partial charge in [-0.05, 0) is 31.2 Å². The van der Waals surface area contributed by atoms with E-state index in [1.807, 2.05) is 13.0 Å². The molecule has 1 aromatic carbocycles. The van der Waals surface area contributed by atoms with E-state index in [0.717, 1.165) is 5.56 Å². The van der Waals surface area contributed by atoms with Gasteiger partial charge >= 0.3 is 0 Å². The Balaban J connectivity index is 2.46. The molecule has 3 heteroatoms. The highest BCUT2D eigenvalue weighted by Crippen LogP contribution is 2.20. The lowest BCUT2D eigenvalue weighted by molar-refractivity contribution is 0.103. The Bertz CT molecular complexity index is 523. The van der Waals surface area contributed by atoms with Gasteiger partial charge in [-0.3, -0.25) is 9.78 Å². The molecule has 0 saturated heterocycles. The van der Waals surface area contributed by atoms with Gasteiger partial charge in [0.2, 0.25) is 0 Å². The molecule has 0 spiro atoms. The maximum absolute atomic E-state index is 12.1. The minimum atomic E-state index is -0.0956. The van der Waals surface area contributed by atoms with Crippen molar-refractivity contribution in [1.29, 1.82) is 0 Å². The van der Waals surface area contributed by atoms with E-state index in [0.29, 0.717) is 16.1 Å². The fourth-order valence-electron chi connectivity index (χ4n) is 1.47. The minimum absolute atomic E-state index is 0.0956. The Labute approximate surface area is 98.9 Å². The van der Waals surface area contributed by atoms with Crippen molar-refractivity contribution in [3.8, 4) is 0 Å². The van der Waals surface area contributed by atoms with Crippen LogP contribution in [-0.4, -0.2) is 10.8 Å². The number of benzene rings is 1. The zero-order valence-electron chi connectivity index (χ0n) is 8.77. The summed E-state index contributed by atoms with van der Waals surface area (Å²) >= 11 is 6.00. The van der Waals surface area contributed by atoms with Gasteiger partial charge in [0.25, 0.3) is 0 Å². The molecule has 0 bridgehead atoms. The van der Waals surface area contributed by atoms with Crippen LogP contribution in [0.4, 0.5) is 0 Å². The molecule has 0 amide bonds. The molecule has 0 saturated carbocycles. The third kappa shape index (κ3) is 2.12. The summed E-state index contributed by atoms with van der Waals surface area (Å²) in [4.78, 5) is 16.0. The van der Waals surface area contributed by atoms with Gasteiger partial charge in [0, 0.05) is 23.5 Å². The maximum atomic E-state index is 12.1. The zero-order chi connectivity index (χ0) is 11.5. The smallest absolute Gasteiger partial charge is 0.196 e. The molecule has 1 heterocycles. The lowest BCUT2D eigenvalue weighted by Gasteiger charge is -2.04. The SMILES string of the molecule is Cc1ccc(Cl)c(C(=O)c2cccnc2)c1. The van der Waals surface area contributed by atoms with Gasteiger partial charge in [0.1, 0.15) is 0 Å². The molecule has 0 atom stereocenters. The molecule has 80 valence electrons. The van der Waals surface area contributed by atoms with Crippen LogP contribution in [0, 0.1) is 6.92 Å². The van der Waals surface area contributed by atoms with Crippen LogP contribution in [0.15, 0.2) is 42.7 Å². The van der Waals surface area contributed by atoms with Crippen molar-refractivity contribution in [3.05, 3.63) is 64.4 Å². The largest absolute Gasteiger partial charge is 0.288 e. The number of pyridine rings is 1. The van der Waals surface area contributed by atoms with E-state index < -0.39 is 0 Å². The molecular formula is C13H10ClNO. The number of aromatic nitrogens is 1. The van der Waals surface area contributed by atoms with Crippen LogP contribution in [0.1, 0.15) is 21.5 Å². The number of halogens is 1. The first-order valence-corrected chi connectivity index (χ1v) is 5.27. The van der Waals surface area contributed by atoms with E-state index in [4.69, 9.17) is 11.6 Å². The molecule has 0 radical (unpaired) electrons. The van der Waals surface area contributed by atoms with Crippen LogP contribution in [0.5, 0.6) is 0 Å². The lowest BCUT2D eigenvalue weighted by Crippen LogP contribution is -2.02. The second-order valence-electron chi connectivity index (χ2n) is 3.55. The van der Waals surface area contributed by atoms with Crippen molar-refractivity contribution in [2.24, 2.45) is 0 Å². The quantitative estimate of drug-likeness (QED) is 0.743. The van der Waals surface area contributed by atoms with E-state index in [2.05, 4.69) is 4.98 Å². The molecule has 0 aliphatic heterocycles. The average molecular weight is 232 g/mol. The van der Waals surface area contributed by atoms with E-state index in [9.17, 15) is 4.79 Å². The zero-order valence-corrected chi connectivity index (χ0v) is 9.53. The topological polar surface area (TPSA) is 30.0 Å². The van der Waals surface area contributed by atoms with Gasteiger partial charge in [-0.15, -0.1) is 0 Å². The fourth-order valence-corrected chi connectivity index (χ4v) is 1.67. The van der Waals surface area contributed by atoms with Crippen LogP contribution in [0.2, 0.25) is 5.02 Å². The number of rotatable bonds is 2. The molecule has 0 unspecified atom stereocenters. The summed E-state index contributed by atoms with van der Waals surface area (Å²) in [5, 5.41) is 0.472. The van der Waals surface area contributed by atoms with Gasteiger partial charge in [0.15, 0.2) is 5.78 Å². The van der Waals surface area contributed by atoms with Crippen molar-refractivity contribution in [2.45, 2.75) is 6.92 Å². The van der Waals surface area contributed by atoms with E-state index >= 15 is 0 Å². The molecule has 0 N–H and O–H groups in total. The van der Waals surface area contributed by atoms with Crippen molar-refractivity contribution in [1.82, 2.24) is 4.98 Å². The molecule has 16 heavy (non-hydrogen) atoms. The first kappa shape index (κ1) is 10.8. The number of ketones is 1. The highest BCUT2D eigenvalue weighted by molar-refractivity contribution is 6.35. The van der Waals surface area contributed by atoms with Crippen LogP contribution in [0.3, 0.4) is 0 Å². The van der Waals surface area contributed by atoms with E-state index in [1.54, 1.807) is 36.7 Å². The van der Waals surface area contributed by atoms with Gasteiger partial charge < -0.3 is 0 Å². The van der Waals surface area contributed by atoms with Crippen LogP contribution in [0.25, 0.3) is 0 Å². The summed E-state index contributed by atoms with van der Waals surface area (Å²) in [6, 6.07) is 8.87. The number of aryl methyl sites for hydroxylation is 1. The molecule has 2 aromatic rings. The summed E-state index contributed by atoms with van der Waals surface area (Å²) in [5.41, 5.74) is 2.08. The minimum Gasteiger partial charge on any atom is -0.288 e. The van der Waals surface area contributed by atoms with Gasteiger partial charge in [-0.1, -0.05) is 23.2 Å². The Morgan fingerprint density at radius 2 is 2.12 bits per heavy atom. The predicted octanol–water partition coefficient (Wildman–Crippen LogP) is 3.27. The Kier molecular flexibility index (Phi) is 3.02. The number of carbonyl (C=O) groups excluding carboxylic acids is 1. The maximum Gasteiger partial charge on any atom is 0.196 e. The van der Waals surface area contributed by atoms with E-state index in [-0.39, 0.29) is 5.78 Å². The third-order valence-electron chi connectivity index (χ3n) is 2.29. The summed E-state index contributed by atoms with van der Waals surface area (Å²) < 4.78 is 0. The predicted molar refractivity (Wildman–Crippen MR) is 63.9 cm³/mol. The molecule has 2 rings (SSSR count). The number of carbonyl (C=O) groups is 1. The molecule has 0 fully saturated rings. The van der Waals surface area contributed by atoms with Crippen molar-refractivity contribution < 1.29 is 4.79 Å². The number of hydrogen-bond donors (Lipinski definition) is 0. The average Bonchev–Trinajstić information content (AvgIpc) is 2.32. The van der Waals surface area contributed by atoms with Gasteiger partial charge in [-0.2, -0.15) is 0 Å². The van der Waals surface area contributed by atoms with Crippen LogP contribution in [-0.2, 0) is 0 Å². The molecule has 0 aliphatic carbocycles. The third-order valence-corrected chi connectivity index (χ3v) is 2.62. The standard InChI is InChI=1S/C13H10ClNO/c1-9-4-5-12(14)11(7-9)13(16)10-3-2-6-15-8-10/h2-8H,1H3. The fraction of sp³-hybridized carbons (Fsp3) is 0.0769. The number of hydrogen-bond acceptors (Lipinski definition) is 2. The second kappa shape index (κ2) is 4.45. The highest BCUT2D eigenvalue weighted by atomic mass is 35.5. The highest BCUT2D eigenvalue weighted by Gasteiger charge is 2.12. The van der Waals surface area contributed by atoms with Gasteiger partial charge in [-0.25, -0.2) is 0 Å². The van der Waals surface area contributed by atoms with Crippen LogP contribution >= 0.6 is 11.6 Å². The number of nitrogens with zero attached hydrogens (tertiary/aromatic N) is 1. The molecule has 1 aromatic heterocycles. The summed E-state index contributed by atoms with van der Waals surface area (Å²) in [5.74, 6) is -0.0956. The molecule has 0 aliphatic rings. The second-order valence-corrected chi connectivity index (χ2v) is 3.96. The van der Waals surface area contributed by atoms with Gasteiger partial charge in [0.05, 0.1) is 5.02 Å².